The monoisotopic (exact) mass is 334 g/mol. The van der Waals surface area contributed by atoms with Gasteiger partial charge in [0.25, 0.3) is 5.91 Å². The Hall–Kier alpha value is -2.15. The van der Waals surface area contributed by atoms with Crippen molar-refractivity contribution in [2.24, 2.45) is 0 Å². The van der Waals surface area contributed by atoms with Gasteiger partial charge in [0.05, 0.1) is 17.2 Å². The maximum Gasteiger partial charge on any atom is 0.293 e. The summed E-state index contributed by atoms with van der Waals surface area (Å²) < 4.78 is 28.6. The van der Waals surface area contributed by atoms with Gasteiger partial charge in [-0.3, -0.25) is 4.79 Å². The fourth-order valence-electron chi connectivity index (χ4n) is 2.77. The van der Waals surface area contributed by atoms with E-state index in [1.807, 2.05) is 30.3 Å². The minimum absolute atomic E-state index is 0.00130. The molecule has 3 rings (SSSR count). The third-order valence-corrected chi connectivity index (χ3v) is 5.69. The summed E-state index contributed by atoms with van der Waals surface area (Å²) in [6.07, 6.45) is 0.452. The highest BCUT2D eigenvalue weighted by Gasteiger charge is 2.36. The smallest absolute Gasteiger partial charge is 0.293 e. The number of carbonyl (C=O) groups is 1. The lowest BCUT2D eigenvalue weighted by Gasteiger charge is -2.27. The number of nitrogens with zero attached hydrogens (tertiary/aromatic N) is 2. The predicted molar refractivity (Wildman–Crippen MR) is 84.6 cm³/mol. The fourth-order valence-corrected chi connectivity index (χ4v) is 4.50. The summed E-state index contributed by atoms with van der Waals surface area (Å²) in [7, 11) is -3.08. The van der Waals surface area contributed by atoms with E-state index in [-0.39, 0.29) is 29.2 Å². The van der Waals surface area contributed by atoms with E-state index in [4.69, 9.17) is 4.52 Å². The number of hydrogen-bond donors (Lipinski definition) is 0. The first kappa shape index (κ1) is 15.7. The van der Waals surface area contributed by atoms with E-state index in [9.17, 15) is 13.2 Å². The molecule has 0 saturated carbocycles. The normalized spacial score (nSPS) is 19.6. The van der Waals surface area contributed by atoms with Gasteiger partial charge in [0.2, 0.25) is 5.76 Å². The number of hydrogen-bond acceptors (Lipinski definition) is 5. The summed E-state index contributed by atoms with van der Waals surface area (Å²) in [5.74, 6) is -0.0658. The second-order valence-corrected chi connectivity index (χ2v) is 8.04. The predicted octanol–water partition coefficient (Wildman–Crippen LogP) is 1.81. The zero-order valence-corrected chi connectivity index (χ0v) is 13.6. The molecule has 0 aliphatic carbocycles. The van der Waals surface area contributed by atoms with Crippen LogP contribution in [0.25, 0.3) is 0 Å². The van der Waals surface area contributed by atoms with Gasteiger partial charge in [-0.1, -0.05) is 35.5 Å². The molecule has 2 aromatic rings. The molecule has 7 heteroatoms. The van der Waals surface area contributed by atoms with Crippen molar-refractivity contribution in [3.63, 3.8) is 0 Å². The molecular weight excluding hydrogens is 316 g/mol. The van der Waals surface area contributed by atoms with E-state index in [1.54, 1.807) is 17.9 Å². The van der Waals surface area contributed by atoms with Gasteiger partial charge in [-0.2, -0.15) is 0 Å². The van der Waals surface area contributed by atoms with Gasteiger partial charge in [-0.15, -0.1) is 0 Å². The molecule has 1 aromatic carbocycles. The molecule has 0 bridgehead atoms. The summed E-state index contributed by atoms with van der Waals surface area (Å²) in [5, 5.41) is 3.74. The minimum Gasteiger partial charge on any atom is -0.351 e. The Balaban J connectivity index is 1.88. The summed E-state index contributed by atoms with van der Waals surface area (Å²) in [6, 6.07) is 10.7. The molecule has 1 amide bonds. The third-order valence-electron chi connectivity index (χ3n) is 3.94. The molecule has 23 heavy (non-hydrogen) atoms. The molecule has 0 radical (unpaired) electrons. The Labute approximate surface area is 135 Å². The van der Waals surface area contributed by atoms with Crippen molar-refractivity contribution in [2.45, 2.75) is 25.9 Å². The van der Waals surface area contributed by atoms with Crippen molar-refractivity contribution in [3.8, 4) is 0 Å². The second-order valence-electron chi connectivity index (χ2n) is 5.81. The van der Waals surface area contributed by atoms with Crippen LogP contribution in [0.3, 0.4) is 0 Å². The van der Waals surface area contributed by atoms with Crippen LogP contribution in [0.1, 0.15) is 28.2 Å². The van der Waals surface area contributed by atoms with E-state index in [2.05, 4.69) is 5.16 Å². The van der Waals surface area contributed by atoms with Gasteiger partial charge in [0.1, 0.15) is 0 Å². The Bertz CT molecular complexity index is 798. The third kappa shape index (κ3) is 3.61. The number of sulfone groups is 1. The van der Waals surface area contributed by atoms with Crippen molar-refractivity contribution in [1.29, 1.82) is 0 Å². The van der Waals surface area contributed by atoms with Gasteiger partial charge in [0, 0.05) is 18.7 Å². The summed E-state index contributed by atoms with van der Waals surface area (Å²) in [6.45, 7) is 2.08. The molecule has 0 N–H and O–H groups in total. The van der Waals surface area contributed by atoms with Crippen molar-refractivity contribution in [1.82, 2.24) is 10.1 Å². The maximum atomic E-state index is 12.8. The Morgan fingerprint density at radius 2 is 2.09 bits per heavy atom. The molecule has 1 saturated heterocycles. The van der Waals surface area contributed by atoms with Crippen LogP contribution in [0.4, 0.5) is 0 Å². The molecule has 122 valence electrons. The molecular formula is C16H18N2O4S. The molecule has 1 aromatic heterocycles. The Kier molecular flexibility index (Phi) is 4.21. The first-order valence-corrected chi connectivity index (χ1v) is 9.25. The lowest BCUT2D eigenvalue weighted by Crippen LogP contribution is -2.40. The molecule has 0 spiro atoms. The second kappa shape index (κ2) is 6.16. The largest absolute Gasteiger partial charge is 0.351 e. The standard InChI is InChI=1S/C16H18N2O4S/c1-12-9-15(22-17-12)16(19)18(10-13-5-3-2-4-6-13)14-7-8-23(20,21)11-14/h2-6,9,14H,7-8,10-11H2,1H3/t14-/m0/s1. The zero-order valence-electron chi connectivity index (χ0n) is 12.8. The number of rotatable bonds is 4. The van der Waals surface area contributed by atoms with E-state index in [0.29, 0.717) is 18.7 Å². The Morgan fingerprint density at radius 3 is 2.65 bits per heavy atom. The average Bonchev–Trinajstić information content (AvgIpc) is 3.11. The molecule has 0 unspecified atom stereocenters. The van der Waals surface area contributed by atoms with Crippen molar-refractivity contribution in [3.05, 3.63) is 53.4 Å². The first-order chi connectivity index (χ1) is 10.9. The highest BCUT2D eigenvalue weighted by atomic mass is 32.2. The van der Waals surface area contributed by atoms with Gasteiger partial charge in [-0.05, 0) is 18.9 Å². The number of carbonyl (C=O) groups excluding carboxylic acids is 1. The van der Waals surface area contributed by atoms with Crippen molar-refractivity contribution < 1.29 is 17.7 Å². The highest BCUT2D eigenvalue weighted by molar-refractivity contribution is 7.91. The summed E-state index contributed by atoms with van der Waals surface area (Å²) in [5.41, 5.74) is 1.56. The molecule has 1 fully saturated rings. The lowest BCUT2D eigenvalue weighted by atomic mass is 10.1. The molecule has 1 aliphatic heterocycles. The van der Waals surface area contributed by atoms with Gasteiger partial charge in [0.15, 0.2) is 9.84 Å². The van der Waals surface area contributed by atoms with Crippen LogP contribution in [-0.2, 0) is 16.4 Å². The topological polar surface area (TPSA) is 80.5 Å². The van der Waals surface area contributed by atoms with Crippen LogP contribution in [0.15, 0.2) is 40.9 Å². The summed E-state index contributed by atoms with van der Waals surface area (Å²) in [4.78, 5) is 14.3. The van der Waals surface area contributed by atoms with Crippen molar-refractivity contribution >= 4 is 15.7 Å². The van der Waals surface area contributed by atoms with Crippen LogP contribution in [0, 0.1) is 6.92 Å². The SMILES string of the molecule is Cc1cc(C(=O)N(Cc2ccccc2)[C@H]2CCS(=O)(=O)C2)on1. The first-order valence-electron chi connectivity index (χ1n) is 7.43. The van der Waals surface area contributed by atoms with E-state index >= 15 is 0 Å². The van der Waals surface area contributed by atoms with Crippen molar-refractivity contribution in [2.75, 3.05) is 11.5 Å². The molecule has 2 heterocycles. The lowest BCUT2D eigenvalue weighted by molar-refractivity contribution is 0.0638. The number of benzene rings is 1. The number of aromatic nitrogens is 1. The van der Waals surface area contributed by atoms with Crippen LogP contribution < -0.4 is 0 Å². The quantitative estimate of drug-likeness (QED) is 0.852. The Morgan fingerprint density at radius 1 is 1.35 bits per heavy atom. The minimum atomic E-state index is -3.08. The van der Waals surface area contributed by atoms with Crippen LogP contribution in [0.2, 0.25) is 0 Å². The molecule has 1 aliphatic rings. The fraction of sp³-hybridized carbons (Fsp3) is 0.375. The summed E-state index contributed by atoms with van der Waals surface area (Å²) >= 11 is 0. The van der Waals surface area contributed by atoms with Gasteiger partial charge in [-0.25, -0.2) is 8.42 Å². The molecule has 1 atom stereocenters. The van der Waals surface area contributed by atoms with E-state index in [1.165, 1.54) is 0 Å². The zero-order chi connectivity index (χ0) is 16.4. The highest BCUT2D eigenvalue weighted by Crippen LogP contribution is 2.22. The molecule has 6 nitrogen and oxygen atoms in total. The van der Waals surface area contributed by atoms with Crippen LogP contribution in [-0.4, -0.2) is 41.9 Å². The van der Waals surface area contributed by atoms with Gasteiger partial charge >= 0.3 is 0 Å². The van der Waals surface area contributed by atoms with E-state index in [0.717, 1.165) is 5.56 Å². The number of amides is 1. The van der Waals surface area contributed by atoms with Gasteiger partial charge < -0.3 is 9.42 Å². The van der Waals surface area contributed by atoms with Crippen LogP contribution in [0.5, 0.6) is 0 Å². The van der Waals surface area contributed by atoms with E-state index < -0.39 is 9.84 Å². The number of aryl methyl sites for hydroxylation is 1. The maximum absolute atomic E-state index is 12.8. The average molecular weight is 334 g/mol. The van der Waals surface area contributed by atoms with Crippen LogP contribution >= 0.6 is 0 Å².